The molecule has 0 N–H and O–H groups in total. The van der Waals surface area contributed by atoms with Crippen LogP contribution in [0, 0.1) is 12.3 Å². The molecule has 0 radical (unpaired) electrons. The molecule has 2 aliphatic heterocycles. The van der Waals surface area contributed by atoms with Gasteiger partial charge in [-0.1, -0.05) is 150 Å². The lowest BCUT2D eigenvalue weighted by Gasteiger charge is -2.43. The third-order valence-corrected chi connectivity index (χ3v) is 12.5. The van der Waals surface area contributed by atoms with Crippen LogP contribution in [0.2, 0.25) is 0 Å². The summed E-state index contributed by atoms with van der Waals surface area (Å²) in [5, 5.41) is 1.32. The zero-order valence-corrected chi connectivity index (χ0v) is 36.3. The van der Waals surface area contributed by atoms with Crippen molar-refractivity contribution in [2.75, 3.05) is 9.80 Å². The number of anilines is 5. The number of thiophene rings is 1. The minimum absolute atomic E-state index is 0.0170. The zero-order valence-electron chi connectivity index (χ0n) is 35.5. The van der Waals surface area contributed by atoms with E-state index < -0.39 is 0 Å². The van der Waals surface area contributed by atoms with Crippen molar-refractivity contribution < 1.29 is 0 Å². The van der Waals surface area contributed by atoms with Crippen LogP contribution in [-0.2, 0) is 16.2 Å². The third kappa shape index (κ3) is 7.27. The summed E-state index contributed by atoms with van der Waals surface area (Å²) in [5.41, 5.74) is 16.3. The fraction of sp³-hybridized carbons (Fsp3) is 0.360. The summed E-state index contributed by atoms with van der Waals surface area (Å²) in [4.78, 5) is 6.46. The molecular formula is C50H61BN2S. The van der Waals surface area contributed by atoms with Gasteiger partial charge in [0.2, 0.25) is 6.71 Å². The van der Waals surface area contributed by atoms with Gasteiger partial charge in [0, 0.05) is 33.3 Å². The number of hydrogen-bond donors (Lipinski definition) is 0. The van der Waals surface area contributed by atoms with Crippen LogP contribution < -0.4 is 20.7 Å². The highest BCUT2D eigenvalue weighted by Crippen LogP contribution is 2.49. The van der Waals surface area contributed by atoms with Crippen molar-refractivity contribution in [2.24, 2.45) is 5.41 Å². The summed E-state index contributed by atoms with van der Waals surface area (Å²) in [6, 6.07) is 25.8. The van der Waals surface area contributed by atoms with E-state index in [0.29, 0.717) is 0 Å². The molecule has 0 bridgehead atoms. The number of fused-ring (bicyclic) bond motifs is 2. The first-order valence-electron chi connectivity index (χ1n) is 19.5. The minimum Gasteiger partial charge on any atom is -0.312 e. The Hall–Kier alpha value is -4.28. The van der Waals surface area contributed by atoms with Crippen molar-refractivity contribution >= 4 is 56.7 Å². The number of nitrogens with zero attached hydrogens (tertiary/aromatic N) is 2. The quantitative estimate of drug-likeness (QED) is 0.144. The maximum absolute atomic E-state index is 4.59. The first kappa shape index (κ1) is 39.4. The molecule has 280 valence electrons. The van der Waals surface area contributed by atoms with Gasteiger partial charge in [-0.15, -0.1) is 11.3 Å². The molecule has 0 saturated carbocycles. The highest BCUT2D eigenvalue weighted by atomic mass is 32.1. The largest absolute Gasteiger partial charge is 0.312 e. The van der Waals surface area contributed by atoms with Gasteiger partial charge in [-0.2, -0.15) is 0 Å². The van der Waals surface area contributed by atoms with Crippen molar-refractivity contribution in [3.05, 3.63) is 148 Å². The molecule has 4 heteroatoms. The Morgan fingerprint density at radius 3 is 1.65 bits per heavy atom. The van der Waals surface area contributed by atoms with Crippen molar-refractivity contribution in [3.8, 4) is 0 Å². The van der Waals surface area contributed by atoms with Gasteiger partial charge in [-0.3, -0.25) is 0 Å². The van der Waals surface area contributed by atoms with Gasteiger partial charge in [0.25, 0.3) is 0 Å². The Bertz CT molecular complexity index is 2190. The maximum atomic E-state index is 4.59. The molecule has 0 fully saturated rings. The zero-order chi connectivity index (χ0) is 39.7. The van der Waals surface area contributed by atoms with E-state index in [1.165, 1.54) is 71.3 Å². The van der Waals surface area contributed by atoms with Crippen LogP contribution in [0.25, 0.3) is 0 Å². The van der Waals surface area contributed by atoms with Gasteiger partial charge in [0.1, 0.15) is 0 Å². The molecule has 0 spiro atoms. The predicted molar refractivity (Wildman–Crippen MR) is 242 cm³/mol. The average molecular weight is 733 g/mol. The summed E-state index contributed by atoms with van der Waals surface area (Å²) in [6.45, 7) is 40.8. The number of rotatable bonds is 6. The molecule has 0 amide bonds. The molecule has 3 aromatic carbocycles. The summed E-state index contributed by atoms with van der Waals surface area (Å²) < 4.78 is 0. The first-order chi connectivity index (χ1) is 25.0. The van der Waals surface area contributed by atoms with Gasteiger partial charge < -0.3 is 9.80 Å². The van der Waals surface area contributed by atoms with Crippen molar-refractivity contribution in [1.82, 2.24) is 0 Å². The van der Waals surface area contributed by atoms with E-state index in [0.717, 1.165) is 11.3 Å². The second-order valence-electron chi connectivity index (χ2n) is 19.5. The van der Waals surface area contributed by atoms with E-state index in [1.54, 1.807) is 0 Å². The number of allylic oxidation sites excluding steroid dienone is 7. The molecule has 1 aromatic heterocycles. The van der Waals surface area contributed by atoms with Crippen LogP contribution in [0.15, 0.2) is 127 Å². The monoisotopic (exact) mass is 732 g/mol. The first-order valence-corrected chi connectivity index (χ1v) is 20.4. The lowest BCUT2D eigenvalue weighted by molar-refractivity contribution is 0.513. The van der Waals surface area contributed by atoms with Gasteiger partial charge in [-0.25, -0.2) is 0 Å². The van der Waals surface area contributed by atoms with E-state index in [9.17, 15) is 0 Å². The second-order valence-corrected chi connectivity index (χ2v) is 20.6. The number of aryl methyl sites for hydroxylation is 1. The molecule has 3 heterocycles. The summed E-state index contributed by atoms with van der Waals surface area (Å²) in [5.74, 6) is 0. The Balaban J connectivity index is 1.66. The van der Waals surface area contributed by atoms with E-state index in [2.05, 4.69) is 205 Å². The van der Waals surface area contributed by atoms with Crippen LogP contribution in [0.5, 0.6) is 0 Å². The van der Waals surface area contributed by atoms with Gasteiger partial charge >= 0.3 is 0 Å². The van der Waals surface area contributed by atoms with Crippen LogP contribution in [0.1, 0.15) is 112 Å². The molecule has 0 unspecified atom stereocenters. The van der Waals surface area contributed by atoms with Crippen molar-refractivity contribution in [3.63, 3.8) is 0 Å². The van der Waals surface area contributed by atoms with Crippen LogP contribution in [0.4, 0.5) is 27.8 Å². The van der Waals surface area contributed by atoms with E-state index in [1.807, 2.05) is 17.4 Å². The van der Waals surface area contributed by atoms with Gasteiger partial charge in [-0.05, 0) is 117 Å². The summed E-state index contributed by atoms with van der Waals surface area (Å²) >= 11 is 1.95. The lowest BCUT2D eigenvalue weighted by atomic mass is 9.33. The molecule has 2 aliphatic rings. The standard InChI is InChI=1S/C50H61BN2S/c1-17-18-39(49(11,12)13)33(3)19-28-41-34(4)51-40-31-44(50(14,15)16)54-46(40)53(38-26-22-36(23-27-38)48(8,9)10)43-30-32(2)29-42(45(43)51)52(41)37-24-20-35(21-25-37)47(5,6)7/h17-31H,1,3H2,2,4-16H3/b28-19-,39-18+. The van der Waals surface area contributed by atoms with Gasteiger partial charge in [0.15, 0.2) is 0 Å². The Morgan fingerprint density at radius 1 is 0.685 bits per heavy atom. The van der Waals surface area contributed by atoms with Gasteiger partial charge in [0.05, 0.1) is 5.00 Å². The lowest BCUT2D eigenvalue weighted by Crippen LogP contribution is -2.55. The molecule has 6 rings (SSSR count). The fourth-order valence-corrected chi connectivity index (χ4v) is 9.22. The van der Waals surface area contributed by atoms with E-state index >= 15 is 0 Å². The smallest absolute Gasteiger partial charge is 0.248 e. The van der Waals surface area contributed by atoms with E-state index in [-0.39, 0.29) is 28.4 Å². The summed E-state index contributed by atoms with van der Waals surface area (Å²) in [7, 11) is 0. The molecule has 4 aromatic rings. The Labute approximate surface area is 331 Å². The van der Waals surface area contributed by atoms with Crippen LogP contribution >= 0.6 is 11.3 Å². The molecule has 0 atom stereocenters. The molecule has 0 saturated heterocycles. The minimum atomic E-state index is -0.0699. The van der Waals surface area contributed by atoms with Crippen LogP contribution in [0.3, 0.4) is 0 Å². The normalized spacial score (nSPS) is 15.2. The van der Waals surface area contributed by atoms with Crippen molar-refractivity contribution in [1.29, 1.82) is 0 Å². The molecule has 54 heavy (non-hydrogen) atoms. The third-order valence-electron chi connectivity index (χ3n) is 11.0. The van der Waals surface area contributed by atoms with Crippen LogP contribution in [-0.4, -0.2) is 6.71 Å². The van der Waals surface area contributed by atoms with Crippen molar-refractivity contribution in [2.45, 2.75) is 113 Å². The highest BCUT2D eigenvalue weighted by molar-refractivity contribution is 7.19. The SMILES string of the molecule is C=C/C=C(\C(=C)/C=C\C1=C(C)B2c3cc(C(C)(C)C)sc3N(c3ccc(C(C)(C)C)cc3)c3cc(C)cc(c32)N1c1ccc(C(C)(C)C)cc1)C(C)(C)C. The Morgan fingerprint density at radius 2 is 1.19 bits per heavy atom. The number of benzene rings is 3. The average Bonchev–Trinajstić information content (AvgIpc) is 3.52. The Kier molecular flexibility index (Phi) is 10.1. The molecule has 2 nitrogen and oxygen atoms in total. The summed E-state index contributed by atoms with van der Waals surface area (Å²) in [6.07, 6.45) is 8.53. The molecular weight excluding hydrogens is 671 g/mol. The second kappa shape index (κ2) is 13.8. The topological polar surface area (TPSA) is 6.48 Å². The fourth-order valence-electron chi connectivity index (χ4n) is 7.93. The number of hydrogen-bond acceptors (Lipinski definition) is 3. The highest BCUT2D eigenvalue weighted by Gasteiger charge is 2.44. The maximum Gasteiger partial charge on any atom is 0.248 e. The molecule has 0 aliphatic carbocycles. The predicted octanol–water partition coefficient (Wildman–Crippen LogP) is 13.6. The van der Waals surface area contributed by atoms with E-state index in [4.69, 9.17) is 0 Å².